The zero-order chi connectivity index (χ0) is 12.3. The Bertz CT molecular complexity index is 388. The monoisotopic (exact) mass is 251 g/mol. The number of benzene rings is 1. The number of rotatable bonds is 5. The molecular formula is C14H21NOS. The minimum atomic E-state index is 0.425. The minimum absolute atomic E-state index is 0.425. The maximum absolute atomic E-state index is 5.25. The molecule has 1 N–H and O–H groups in total. The summed E-state index contributed by atoms with van der Waals surface area (Å²) < 4.78 is 5.67. The molecule has 1 fully saturated rings. The predicted octanol–water partition coefficient (Wildman–Crippen LogP) is 3.24. The molecule has 2 rings (SSSR count). The predicted molar refractivity (Wildman–Crippen MR) is 74.1 cm³/mol. The highest BCUT2D eigenvalue weighted by Gasteiger charge is 2.37. The van der Waals surface area contributed by atoms with Crippen molar-refractivity contribution >= 4 is 11.8 Å². The Labute approximate surface area is 108 Å². The zero-order valence-corrected chi connectivity index (χ0v) is 11.7. The Kier molecular flexibility index (Phi) is 4.00. The molecule has 0 bridgehead atoms. The molecule has 0 saturated heterocycles. The summed E-state index contributed by atoms with van der Waals surface area (Å²) >= 11 is 2.03. The van der Waals surface area contributed by atoms with Crippen molar-refractivity contribution in [1.29, 1.82) is 0 Å². The van der Waals surface area contributed by atoms with E-state index in [0.717, 1.165) is 12.3 Å². The molecule has 0 atom stereocenters. The summed E-state index contributed by atoms with van der Waals surface area (Å²) in [5.74, 6) is 0.947. The van der Waals surface area contributed by atoms with Crippen LogP contribution in [0.5, 0.6) is 5.75 Å². The van der Waals surface area contributed by atoms with Crippen molar-refractivity contribution in [2.75, 3.05) is 20.7 Å². The largest absolute Gasteiger partial charge is 0.497 e. The van der Waals surface area contributed by atoms with E-state index in [-0.39, 0.29) is 0 Å². The Morgan fingerprint density at radius 3 is 2.65 bits per heavy atom. The molecule has 0 radical (unpaired) electrons. The van der Waals surface area contributed by atoms with Gasteiger partial charge in [0, 0.05) is 16.2 Å². The first-order valence-electron chi connectivity index (χ1n) is 6.17. The number of thioether (sulfide) groups is 1. The third kappa shape index (κ3) is 2.78. The van der Waals surface area contributed by atoms with E-state index in [2.05, 4.69) is 30.4 Å². The van der Waals surface area contributed by atoms with Crippen LogP contribution in [0.2, 0.25) is 0 Å². The highest BCUT2D eigenvalue weighted by Crippen LogP contribution is 2.48. The molecule has 17 heavy (non-hydrogen) atoms. The molecule has 0 amide bonds. The summed E-state index contributed by atoms with van der Waals surface area (Å²) in [6.45, 7) is 3.26. The van der Waals surface area contributed by atoms with Crippen LogP contribution in [0.15, 0.2) is 23.1 Å². The lowest BCUT2D eigenvalue weighted by Gasteiger charge is -2.41. The summed E-state index contributed by atoms with van der Waals surface area (Å²) in [4.78, 5) is 1.39. The summed E-state index contributed by atoms with van der Waals surface area (Å²) in [5, 5.41) is 3.33. The minimum Gasteiger partial charge on any atom is -0.497 e. The Morgan fingerprint density at radius 1 is 1.41 bits per heavy atom. The van der Waals surface area contributed by atoms with Crippen LogP contribution >= 0.6 is 11.8 Å². The van der Waals surface area contributed by atoms with Gasteiger partial charge in [0.1, 0.15) is 5.75 Å². The van der Waals surface area contributed by atoms with Crippen molar-refractivity contribution < 1.29 is 4.74 Å². The number of nitrogens with one attached hydrogen (secondary N) is 1. The van der Waals surface area contributed by atoms with Gasteiger partial charge in [-0.15, -0.1) is 11.8 Å². The fourth-order valence-corrected chi connectivity index (χ4v) is 3.84. The second-order valence-corrected chi connectivity index (χ2v) is 6.31. The van der Waals surface area contributed by atoms with Gasteiger partial charge in [-0.25, -0.2) is 0 Å². The third-order valence-electron chi connectivity index (χ3n) is 3.47. The number of methoxy groups -OCH3 is 1. The van der Waals surface area contributed by atoms with Gasteiger partial charge in [0.05, 0.1) is 7.11 Å². The van der Waals surface area contributed by atoms with Crippen LogP contribution in [0, 0.1) is 6.92 Å². The van der Waals surface area contributed by atoms with Gasteiger partial charge in [-0.05, 0) is 50.6 Å². The van der Waals surface area contributed by atoms with Gasteiger partial charge < -0.3 is 10.1 Å². The molecule has 2 nitrogen and oxygen atoms in total. The van der Waals surface area contributed by atoms with Crippen LogP contribution in [0.25, 0.3) is 0 Å². The van der Waals surface area contributed by atoms with Crippen LogP contribution in [-0.2, 0) is 0 Å². The maximum atomic E-state index is 5.25. The summed E-state index contributed by atoms with van der Waals surface area (Å²) in [6, 6.07) is 6.36. The molecule has 3 heteroatoms. The van der Waals surface area contributed by atoms with E-state index in [1.165, 1.54) is 29.7 Å². The Morgan fingerprint density at radius 2 is 2.18 bits per heavy atom. The van der Waals surface area contributed by atoms with Crippen LogP contribution in [-0.4, -0.2) is 25.4 Å². The molecule has 1 aliphatic carbocycles. The highest BCUT2D eigenvalue weighted by atomic mass is 32.2. The molecule has 1 aliphatic rings. The Balaban J connectivity index is 2.12. The second-order valence-electron chi connectivity index (χ2n) is 4.80. The number of aryl methyl sites for hydroxylation is 1. The molecule has 0 aromatic heterocycles. The lowest BCUT2D eigenvalue weighted by Crippen LogP contribution is -2.42. The first-order valence-corrected chi connectivity index (χ1v) is 6.99. The standard InChI is InChI=1S/C14H21NOS/c1-11-9-12(16-3)5-6-13(11)17-14(10-15-2)7-4-8-14/h5-6,9,15H,4,7-8,10H2,1-3H3. The van der Waals surface area contributed by atoms with Gasteiger partial charge in [0.25, 0.3) is 0 Å². The average molecular weight is 251 g/mol. The summed E-state index contributed by atoms with van der Waals surface area (Å²) in [5.41, 5.74) is 1.32. The first kappa shape index (κ1) is 12.8. The van der Waals surface area contributed by atoms with E-state index in [1.807, 2.05) is 18.8 Å². The normalized spacial score (nSPS) is 17.6. The smallest absolute Gasteiger partial charge is 0.119 e. The maximum Gasteiger partial charge on any atom is 0.119 e. The molecule has 1 saturated carbocycles. The lowest BCUT2D eigenvalue weighted by atomic mass is 9.84. The molecule has 0 spiro atoms. The van der Waals surface area contributed by atoms with Gasteiger partial charge >= 0.3 is 0 Å². The van der Waals surface area contributed by atoms with E-state index in [0.29, 0.717) is 4.75 Å². The van der Waals surface area contributed by atoms with E-state index in [1.54, 1.807) is 7.11 Å². The first-order chi connectivity index (χ1) is 8.19. The van der Waals surface area contributed by atoms with Gasteiger partial charge in [0.2, 0.25) is 0 Å². The average Bonchev–Trinajstić information content (AvgIpc) is 2.28. The van der Waals surface area contributed by atoms with Crippen molar-refractivity contribution in [2.45, 2.75) is 35.8 Å². The molecular weight excluding hydrogens is 230 g/mol. The fraction of sp³-hybridized carbons (Fsp3) is 0.571. The van der Waals surface area contributed by atoms with E-state index in [9.17, 15) is 0 Å². The van der Waals surface area contributed by atoms with E-state index in [4.69, 9.17) is 4.74 Å². The Hall–Kier alpha value is -0.670. The van der Waals surface area contributed by atoms with Crippen LogP contribution in [0.1, 0.15) is 24.8 Å². The van der Waals surface area contributed by atoms with Gasteiger partial charge in [-0.1, -0.05) is 6.42 Å². The van der Waals surface area contributed by atoms with Crippen LogP contribution in [0.3, 0.4) is 0 Å². The number of hydrogen-bond acceptors (Lipinski definition) is 3. The third-order valence-corrected chi connectivity index (χ3v) is 5.14. The van der Waals surface area contributed by atoms with Crippen molar-refractivity contribution in [2.24, 2.45) is 0 Å². The van der Waals surface area contributed by atoms with E-state index < -0.39 is 0 Å². The number of hydrogen-bond donors (Lipinski definition) is 1. The zero-order valence-electron chi connectivity index (χ0n) is 10.9. The highest BCUT2D eigenvalue weighted by molar-refractivity contribution is 8.00. The fourth-order valence-electron chi connectivity index (χ4n) is 2.30. The molecule has 0 aliphatic heterocycles. The number of ether oxygens (including phenoxy) is 1. The lowest BCUT2D eigenvalue weighted by molar-refractivity contribution is 0.353. The second kappa shape index (κ2) is 5.32. The quantitative estimate of drug-likeness (QED) is 0.868. The van der Waals surface area contributed by atoms with Gasteiger partial charge in [-0.3, -0.25) is 0 Å². The van der Waals surface area contributed by atoms with Crippen molar-refractivity contribution in [3.05, 3.63) is 23.8 Å². The van der Waals surface area contributed by atoms with Crippen molar-refractivity contribution in [3.8, 4) is 5.75 Å². The van der Waals surface area contributed by atoms with Gasteiger partial charge in [-0.2, -0.15) is 0 Å². The summed E-state index contributed by atoms with van der Waals surface area (Å²) in [7, 11) is 3.76. The van der Waals surface area contributed by atoms with Crippen molar-refractivity contribution in [3.63, 3.8) is 0 Å². The van der Waals surface area contributed by atoms with Crippen LogP contribution < -0.4 is 10.1 Å². The molecule has 0 heterocycles. The summed E-state index contributed by atoms with van der Waals surface area (Å²) in [6.07, 6.45) is 4.01. The molecule has 1 aromatic rings. The van der Waals surface area contributed by atoms with Crippen LogP contribution in [0.4, 0.5) is 0 Å². The van der Waals surface area contributed by atoms with E-state index >= 15 is 0 Å². The topological polar surface area (TPSA) is 21.3 Å². The van der Waals surface area contributed by atoms with Gasteiger partial charge in [0.15, 0.2) is 0 Å². The van der Waals surface area contributed by atoms with Crippen molar-refractivity contribution in [1.82, 2.24) is 5.32 Å². The molecule has 1 aromatic carbocycles. The molecule has 0 unspecified atom stereocenters. The SMILES string of the molecule is CNCC1(Sc2ccc(OC)cc2C)CCC1. The molecule has 94 valence electrons.